The van der Waals surface area contributed by atoms with E-state index in [1.165, 1.54) is 13.0 Å². The summed E-state index contributed by atoms with van der Waals surface area (Å²) in [6.45, 7) is 4.32. The minimum Gasteiger partial charge on any atom is -0.453 e. The number of carbonyl (C=O) groups excluding carboxylic acids is 3. The summed E-state index contributed by atoms with van der Waals surface area (Å²) in [5, 5.41) is 12.9. The number of nitrogens with one attached hydrogen (secondary N) is 2. The standard InChI is InChI=1S/C31H30F3N7O6/c1-16(2)22(24(43)26-39-40-28(47-26)30(12-13-30)20-11-10-19(14-35-20)31(32,33)34)37-21(42)15-41-25(18-8-6-5-7-9-18)36-17(3)23(27(41)44)38-29(45)46-4/h5-11,14,16,22H,12-13,15H2,1-4H3,(H,37,42)(H,38,45). The number of benzene rings is 1. The molecule has 1 aliphatic rings. The number of methoxy groups -OCH3 is 1. The van der Waals surface area contributed by atoms with E-state index in [-0.39, 0.29) is 23.1 Å². The maximum Gasteiger partial charge on any atom is 0.417 e. The van der Waals surface area contributed by atoms with Crippen molar-refractivity contribution in [3.8, 4) is 11.4 Å². The lowest BCUT2D eigenvalue weighted by atomic mass is 9.99. The number of Topliss-reactive ketones (excluding diaryl/α,β-unsaturated/α-hetero) is 1. The Hall–Kier alpha value is -5.41. The number of hydrogen-bond acceptors (Lipinski definition) is 10. The van der Waals surface area contributed by atoms with Crippen molar-refractivity contribution in [1.82, 2.24) is 30.0 Å². The van der Waals surface area contributed by atoms with E-state index in [0.29, 0.717) is 24.1 Å². The summed E-state index contributed by atoms with van der Waals surface area (Å²) in [5.74, 6) is -2.11. The molecule has 0 aliphatic heterocycles. The zero-order valence-electron chi connectivity index (χ0n) is 25.7. The van der Waals surface area contributed by atoms with Crippen LogP contribution in [0.4, 0.5) is 23.7 Å². The molecule has 1 aromatic carbocycles. The van der Waals surface area contributed by atoms with E-state index >= 15 is 0 Å². The lowest BCUT2D eigenvalue weighted by Gasteiger charge is -2.21. The molecule has 5 rings (SSSR count). The van der Waals surface area contributed by atoms with Crippen molar-refractivity contribution in [3.05, 3.63) is 87.7 Å². The molecule has 1 fully saturated rings. The Kier molecular flexibility index (Phi) is 8.96. The number of alkyl halides is 3. The first-order chi connectivity index (χ1) is 22.2. The number of aryl methyl sites for hydroxylation is 1. The summed E-state index contributed by atoms with van der Waals surface area (Å²) in [6.07, 6.45) is -3.77. The molecule has 16 heteroatoms. The third-order valence-electron chi connectivity index (χ3n) is 7.74. The Morgan fingerprint density at radius 1 is 1.09 bits per heavy atom. The zero-order chi connectivity index (χ0) is 34.1. The van der Waals surface area contributed by atoms with Crippen LogP contribution < -0.4 is 16.2 Å². The molecule has 0 spiro atoms. The molecule has 13 nitrogen and oxygen atoms in total. The van der Waals surface area contributed by atoms with Crippen LogP contribution in [0, 0.1) is 12.8 Å². The van der Waals surface area contributed by atoms with E-state index in [1.807, 2.05) is 0 Å². The van der Waals surface area contributed by atoms with Gasteiger partial charge in [-0.3, -0.25) is 29.3 Å². The van der Waals surface area contributed by atoms with Crippen molar-refractivity contribution in [2.75, 3.05) is 12.4 Å². The molecule has 0 bridgehead atoms. The number of ether oxygens (including phenoxy) is 1. The monoisotopic (exact) mass is 653 g/mol. The Morgan fingerprint density at radius 2 is 1.79 bits per heavy atom. The van der Waals surface area contributed by atoms with Crippen LogP contribution in [0.5, 0.6) is 0 Å². The average Bonchev–Trinajstić information content (AvgIpc) is 3.70. The molecular formula is C31H30F3N7O6. The van der Waals surface area contributed by atoms with E-state index in [1.54, 1.807) is 44.2 Å². The summed E-state index contributed by atoms with van der Waals surface area (Å²) in [6, 6.07) is 9.63. The SMILES string of the molecule is COC(=O)Nc1c(C)nc(-c2ccccc2)n(CC(=O)NC(C(=O)c2nnc(C3(c4ccc(C(F)(F)F)cn4)CC3)o2)C(C)C)c1=O. The normalized spacial score (nSPS) is 14.4. The molecule has 246 valence electrons. The fraction of sp³-hybridized carbons (Fsp3) is 0.355. The highest BCUT2D eigenvalue weighted by atomic mass is 19.4. The molecule has 0 radical (unpaired) electrons. The number of hydrogen-bond donors (Lipinski definition) is 2. The molecule has 47 heavy (non-hydrogen) atoms. The fourth-order valence-corrected chi connectivity index (χ4v) is 5.01. The highest BCUT2D eigenvalue weighted by molar-refractivity contribution is 5.98. The van der Waals surface area contributed by atoms with E-state index in [4.69, 9.17) is 4.42 Å². The van der Waals surface area contributed by atoms with E-state index in [9.17, 15) is 32.3 Å². The van der Waals surface area contributed by atoms with Crippen LogP contribution >= 0.6 is 0 Å². The summed E-state index contributed by atoms with van der Waals surface area (Å²) < 4.78 is 50.5. The third kappa shape index (κ3) is 6.76. The summed E-state index contributed by atoms with van der Waals surface area (Å²) >= 11 is 0. The predicted molar refractivity (Wildman–Crippen MR) is 159 cm³/mol. The maximum absolute atomic E-state index is 13.5. The number of pyridine rings is 1. The van der Waals surface area contributed by atoms with Gasteiger partial charge in [-0.2, -0.15) is 13.2 Å². The maximum atomic E-state index is 13.5. The second-order valence-electron chi connectivity index (χ2n) is 11.3. The number of halogens is 3. The van der Waals surface area contributed by atoms with E-state index < -0.39 is 64.9 Å². The first-order valence-corrected chi connectivity index (χ1v) is 14.5. The van der Waals surface area contributed by atoms with Gasteiger partial charge in [0.15, 0.2) is 0 Å². The number of ketones is 1. The highest BCUT2D eigenvalue weighted by Crippen LogP contribution is 2.52. The summed E-state index contributed by atoms with van der Waals surface area (Å²) in [7, 11) is 1.13. The van der Waals surface area contributed by atoms with Crippen molar-refractivity contribution in [2.45, 2.75) is 57.8 Å². The van der Waals surface area contributed by atoms with Gasteiger partial charge in [0.2, 0.25) is 17.6 Å². The van der Waals surface area contributed by atoms with Crippen LogP contribution in [0.3, 0.4) is 0 Å². The zero-order valence-corrected chi connectivity index (χ0v) is 25.7. The van der Waals surface area contributed by atoms with Crippen molar-refractivity contribution in [3.63, 3.8) is 0 Å². The molecule has 1 saturated carbocycles. The lowest BCUT2D eigenvalue weighted by Crippen LogP contribution is -2.46. The van der Waals surface area contributed by atoms with Gasteiger partial charge in [0.1, 0.15) is 18.1 Å². The van der Waals surface area contributed by atoms with Crippen LogP contribution in [-0.2, 0) is 27.7 Å². The number of rotatable bonds is 10. The van der Waals surface area contributed by atoms with E-state index in [2.05, 4.69) is 35.5 Å². The first-order valence-electron chi connectivity index (χ1n) is 14.5. The van der Waals surface area contributed by atoms with Crippen LogP contribution in [0.15, 0.2) is 57.9 Å². The molecule has 1 atom stereocenters. The van der Waals surface area contributed by atoms with Crippen LogP contribution in [0.25, 0.3) is 11.4 Å². The van der Waals surface area contributed by atoms with Gasteiger partial charge in [0, 0.05) is 11.8 Å². The smallest absolute Gasteiger partial charge is 0.417 e. The van der Waals surface area contributed by atoms with Gasteiger partial charge in [0.05, 0.1) is 35.5 Å². The van der Waals surface area contributed by atoms with Gasteiger partial charge in [-0.05, 0) is 37.8 Å². The van der Waals surface area contributed by atoms with Crippen molar-refractivity contribution >= 4 is 23.5 Å². The second-order valence-corrected chi connectivity index (χ2v) is 11.3. The van der Waals surface area contributed by atoms with Crippen molar-refractivity contribution in [2.24, 2.45) is 5.92 Å². The topological polar surface area (TPSA) is 171 Å². The number of nitrogens with zero attached hydrogens (tertiary/aromatic N) is 5. The second kappa shape index (κ2) is 12.8. The molecule has 2 amide bonds. The van der Waals surface area contributed by atoms with E-state index in [0.717, 1.165) is 23.9 Å². The highest BCUT2D eigenvalue weighted by Gasteiger charge is 2.52. The van der Waals surface area contributed by atoms with Gasteiger partial charge in [-0.25, -0.2) is 9.78 Å². The van der Waals surface area contributed by atoms with Gasteiger partial charge in [-0.1, -0.05) is 44.2 Å². The molecule has 3 aromatic heterocycles. The van der Waals surface area contributed by atoms with Crippen molar-refractivity contribution < 1.29 is 36.7 Å². The predicted octanol–water partition coefficient (Wildman–Crippen LogP) is 4.30. The number of anilines is 1. The summed E-state index contributed by atoms with van der Waals surface area (Å²) in [4.78, 5) is 60.8. The van der Waals surface area contributed by atoms with Gasteiger partial charge in [0.25, 0.3) is 11.4 Å². The lowest BCUT2D eigenvalue weighted by molar-refractivity contribution is -0.137. The van der Waals surface area contributed by atoms with Crippen LogP contribution in [-0.4, -0.2) is 55.7 Å². The molecule has 2 N–H and O–H groups in total. The molecular weight excluding hydrogens is 623 g/mol. The first kappa shape index (κ1) is 33.0. The fourth-order valence-electron chi connectivity index (χ4n) is 5.01. The number of amides is 2. The Morgan fingerprint density at radius 3 is 2.36 bits per heavy atom. The Bertz CT molecular complexity index is 1870. The minimum absolute atomic E-state index is 0.0253. The van der Waals surface area contributed by atoms with Crippen LogP contribution in [0.2, 0.25) is 0 Å². The van der Waals surface area contributed by atoms with Gasteiger partial charge < -0.3 is 14.5 Å². The number of aromatic nitrogens is 5. The molecule has 4 aromatic rings. The third-order valence-corrected chi connectivity index (χ3v) is 7.74. The Labute approximate surface area is 265 Å². The average molecular weight is 654 g/mol. The molecule has 0 saturated heterocycles. The molecule has 1 unspecified atom stereocenters. The van der Waals surface area contributed by atoms with Crippen molar-refractivity contribution in [1.29, 1.82) is 0 Å². The van der Waals surface area contributed by atoms with Gasteiger partial charge >= 0.3 is 12.3 Å². The molecule has 3 heterocycles. The largest absolute Gasteiger partial charge is 0.453 e. The summed E-state index contributed by atoms with van der Waals surface area (Å²) in [5.41, 5.74) is -1.71. The minimum atomic E-state index is -4.54. The number of carbonyl (C=O) groups is 3. The van der Waals surface area contributed by atoms with Crippen LogP contribution in [0.1, 0.15) is 60.2 Å². The molecule has 1 aliphatic carbocycles. The Balaban J connectivity index is 1.39. The quantitative estimate of drug-likeness (QED) is 0.235. The van der Waals surface area contributed by atoms with Gasteiger partial charge in [-0.15, -0.1) is 10.2 Å².